The maximum atomic E-state index is 12.8. The lowest BCUT2D eigenvalue weighted by atomic mass is 10.1. The normalized spacial score (nSPS) is 11.9. The molecule has 17 heavy (non-hydrogen) atoms. The molecule has 0 aliphatic heterocycles. The summed E-state index contributed by atoms with van der Waals surface area (Å²) in [4.78, 5) is 22.1. The maximum absolute atomic E-state index is 12.8. The van der Waals surface area contributed by atoms with E-state index in [9.17, 15) is 14.0 Å². The molecular weight excluding hydrogens is 225 g/mol. The van der Waals surface area contributed by atoms with Crippen LogP contribution < -0.4 is 5.32 Å². The Balaban J connectivity index is 2.43. The average molecular weight is 239 g/mol. The van der Waals surface area contributed by atoms with Crippen molar-refractivity contribution in [1.82, 2.24) is 5.32 Å². The van der Waals surface area contributed by atoms with E-state index < -0.39 is 23.6 Å². The van der Waals surface area contributed by atoms with E-state index in [1.54, 1.807) is 6.92 Å². The SMILES string of the molecule is CC(CCNC(=O)c1cccc(F)c1)C(=O)O. The van der Waals surface area contributed by atoms with Crippen LogP contribution in [-0.4, -0.2) is 23.5 Å². The van der Waals surface area contributed by atoms with Gasteiger partial charge in [0.25, 0.3) is 5.91 Å². The molecule has 1 amide bonds. The predicted octanol–water partition coefficient (Wildman–Crippen LogP) is 1.67. The van der Waals surface area contributed by atoms with Crippen LogP contribution in [0.1, 0.15) is 23.7 Å². The summed E-state index contributed by atoms with van der Waals surface area (Å²) in [7, 11) is 0. The van der Waals surface area contributed by atoms with E-state index in [-0.39, 0.29) is 12.1 Å². The standard InChI is InChI=1S/C12H14FNO3/c1-8(12(16)17)5-6-14-11(15)9-3-2-4-10(13)7-9/h2-4,7-8H,5-6H2,1H3,(H,14,15)(H,16,17). The molecule has 2 N–H and O–H groups in total. The van der Waals surface area contributed by atoms with Crippen molar-refractivity contribution in [3.8, 4) is 0 Å². The Morgan fingerprint density at radius 2 is 2.18 bits per heavy atom. The molecule has 0 aliphatic rings. The first-order valence-electron chi connectivity index (χ1n) is 5.27. The maximum Gasteiger partial charge on any atom is 0.306 e. The van der Waals surface area contributed by atoms with Gasteiger partial charge < -0.3 is 10.4 Å². The first-order valence-corrected chi connectivity index (χ1v) is 5.27. The molecule has 0 spiro atoms. The van der Waals surface area contributed by atoms with Crippen LogP contribution in [0.25, 0.3) is 0 Å². The fourth-order valence-corrected chi connectivity index (χ4v) is 1.26. The molecule has 1 atom stereocenters. The van der Waals surface area contributed by atoms with Gasteiger partial charge in [0.15, 0.2) is 0 Å². The van der Waals surface area contributed by atoms with Crippen molar-refractivity contribution in [2.45, 2.75) is 13.3 Å². The van der Waals surface area contributed by atoms with Crippen LogP contribution in [0, 0.1) is 11.7 Å². The number of carboxylic acid groups (broad SMARTS) is 1. The van der Waals surface area contributed by atoms with E-state index >= 15 is 0 Å². The van der Waals surface area contributed by atoms with Gasteiger partial charge in [-0.2, -0.15) is 0 Å². The zero-order valence-corrected chi connectivity index (χ0v) is 9.44. The van der Waals surface area contributed by atoms with Gasteiger partial charge in [-0.05, 0) is 24.6 Å². The van der Waals surface area contributed by atoms with Crippen LogP contribution >= 0.6 is 0 Å². The largest absolute Gasteiger partial charge is 0.481 e. The summed E-state index contributed by atoms with van der Waals surface area (Å²) in [6, 6.07) is 5.34. The van der Waals surface area contributed by atoms with Gasteiger partial charge in [-0.1, -0.05) is 13.0 Å². The monoisotopic (exact) mass is 239 g/mol. The summed E-state index contributed by atoms with van der Waals surface area (Å²) in [6.07, 6.45) is 0.344. The van der Waals surface area contributed by atoms with Gasteiger partial charge in [-0.3, -0.25) is 9.59 Å². The highest BCUT2D eigenvalue weighted by Gasteiger charge is 2.11. The van der Waals surface area contributed by atoms with E-state index in [1.807, 2.05) is 0 Å². The van der Waals surface area contributed by atoms with Crippen molar-refractivity contribution in [1.29, 1.82) is 0 Å². The lowest BCUT2D eigenvalue weighted by molar-refractivity contribution is -0.141. The number of halogens is 1. The van der Waals surface area contributed by atoms with E-state index in [0.717, 1.165) is 6.07 Å². The van der Waals surface area contributed by atoms with Gasteiger partial charge in [0.2, 0.25) is 0 Å². The molecule has 1 rings (SSSR count). The second kappa shape index (κ2) is 5.98. The van der Waals surface area contributed by atoms with Crippen molar-refractivity contribution in [3.63, 3.8) is 0 Å². The molecular formula is C12H14FNO3. The van der Waals surface area contributed by atoms with Crippen molar-refractivity contribution in [2.24, 2.45) is 5.92 Å². The topological polar surface area (TPSA) is 66.4 Å². The highest BCUT2D eigenvalue weighted by molar-refractivity contribution is 5.94. The van der Waals surface area contributed by atoms with Gasteiger partial charge in [0.05, 0.1) is 5.92 Å². The number of carbonyl (C=O) groups excluding carboxylic acids is 1. The molecule has 1 unspecified atom stereocenters. The molecule has 0 radical (unpaired) electrons. The first-order chi connectivity index (χ1) is 8.00. The van der Waals surface area contributed by atoms with E-state index in [1.165, 1.54) is 18.2 Å². The smallest absolute Gasteiger partial charge is 0.306 e. The summed E-state index contributed by atoms with van der Waals surface area (Å²) in [5.41, 5.74) is 0.230. The number of hydrogen-bond acceptors (Lipinski definition) is 2. The van der Waals surface area contributed by atoms with E-state index in [2.05, 4.69) is 5.32 Å². The van der Waals surface area contributed by atoms with Crippen LogP contribution in [0.2, 0.25) is 0 Å². The summed E-state index contributed by atoms with van der Waals surface area (Å²) in [5.74, 6) is -2.29. The van der Waals surface area contributed by atoms with Gasteiger partial charge in [0.1, 0.15) is 5.82 Å². The third-order valence-electron chi connectivity index (χ3n) is 2.37. The minimum absolute atomic E-state index is 0.230. The zero-order valence-electron chi connectivity index (χ0n) is 9.44. The van der Waals surface area contributed by atoms with Crippen molar-refractivity contribution in [2.75, 3.05) is 6.54 Å². The molecule has 0 fully saturated rings. The third-order valence-corrected chi connectivity index (χ3v) is 2.37. The van der Waals surface area contributed by atoms with Crippen LogP contribution in [-0.2, 0) is 4.79 Å². The number of rotatable bonds is 5. The highest BCUT2D eigenvalue weighted by atomic mass is 19.1. The van der Waals surface area contributed by atoms with Crippen LogP contribution in [0.4, 0.5) is 4.39 Å². The number of hydrogen-bond donors (Lipinski definition) is 2. The Labute approximate surface area is 98.5 Å². The Kier molecular flexibility index (Phi) is 4.63. The Bertz CT molecular complexity index is 420. The second-order valence-electron chi connectivity index (χ2n) is 3.79. The third kappa shape index (κ3) is 4.22. The second-order valence-corrected chi connectivity index (χ2v) is 3.79. The number of aliphatic carboxylic acids is 1. The average Bonchev–Trinajstić information content (AvgIpc) is 2.28. The molecule has 5 heteroatoms. The number of benzene rings is 1. The fourth-order valence-electron chi connectivity index (χ4n) is 1.26. The lowest BCUT2D eigenvalue weighted by Crippen LogP contribution is -2.27. The van der Waals surface area contributed by atoms with Gasteiger partial charge >= 0.3 is 5.97 Å². The summed E-state index contributed by atoms with van der Waals surface area (Å²) in [6.45, 7) is 1.82. The summed E-state index contributed by atoms with van der Waals surface area (Å²) >= 11 is 0. The van der Waals surface area contributed by atoms with Crippen LogP contribution in [0.15, 0.2) is 24.3 Å². The minimum Gasteiger partial charge on any atom is -0.481 e. The van der Waals surface area contributed by atoms with Gasteiger partial charge in [0, 0.05) is 12.1 Å². The molecule has 0 bridgehead atoms. The lowest BCUT2D eigenvalue weighted by Gasteiger charge is -2.07. The Morgan fingerprint density at radius 1 is 1.47 bits per heavy atom. The molecule has 4 nitrogen and oxygen atoms in total. The molecule has 92 valence electrons. The minimum atomic E-state index is -0.898. The Hall–Kier alpha value is -1.91. The molecule has 0 aromatic heterocycles. The molecule has 0 aliphatic carbocycles. The van der Waals surface area contributed by atoms with Crippen molar-refractivity contribution in [3.05, 3.63) is 35.6 Å². The van der Waals surface area contributed by atoms with Gasteiger partial charge in [-0.15, -0.1) is 0 Å². The van der Waals surface area contributed by atoms with Crippen molar-refractivity contribution >= 4 is 11.9 Å². The van der Waals surface area contributed by atoms with E-state index in [4.69, 9.17) is 5.11 Å². The number of carboxylic acids is 1. The molecule has 1 aromatic carbocycles. The summed E-state index contributed by atoms with van der Waals surface area (Å²) in [5, 5.41) is 11.2. The predicted molar refractivity (Wildman–Crippen MR) is 60.2 cm³/mol. The molecule has 0 saturated heterocycles. The van der Waals surface area contributed by atoms with Crippen LogP contribution in [0.3, 0.4) is 0 Å². The van der Waals surface area contributed by atoms with Gasteiger partial charge in [-0.25, -0.2) is 4.39 Å². The number of amides is 1. The quantitative estimate of drug-likeness (QED) is 0.821. The molecule has 0 saturated carbocycles. The fraction of sp³-hybridized carbons (Fsp3) is 0.333. The van der Waals surface area contributed by atoms with Crippen molar-refractivity contribution < 1.29 is 19.1 Å². The highest BCUT2D eigenvalue weighted by Crippen LogP contribution is 2.04. The Morgan fingerprint density at radius 3 is 2.76 bits per heavy atom. The molecule has 0 heterocycles. The molecule has 1 aromatic rings. The number of nitrogens with one attached hydrogen (secondary N) is 1. The summed E-state index contributed by atoms with van der Waals surface area (Å²) < 4.78 is 12.8. The first kappa shape index (κ1) is 13.2. The van der Waals surface area contributed by atoms with E-state index in [0.29, 0.717) is 6.42 Å². The van der Waals surface area contributed by atoms with Crippen LogP contribution in [0.5, 0.6) is 0 Å². The zero-order chi connectivity index (χ0) is 12.8. The number of carbonyl (C=O) groups is 2.